The minimum atomic E-state index is -3.05. The highest BCUT2D eigenvalue weighted by Gasteiger charge is 2.30. The molecule has 0 aliphatic carbocycles. The Bertz CT molecular complexity index is 319. The summed E-state index contributed by atoms with van der Waals surface area (Å²) in [6.07, 6.45) is 2.58. The predicted molar refractivity (Wildman–Crippen MR) is 73.1 cm³/mol. The second kappa shape index (κ2) is 8.09. The van der Waals surface area contributed by atoms with Gasteiger partial charge in [0, 0.05) is 20.2 Å². The maximum atomic E-state index is 12.1. The van der Waals surface area contributed by atoms with E-state index < -0.39 is 10.0 Å². The minimum absolute atomic E-state index is 0.276. The Morgan fingerprint density at radius 2 is 2.17 bits per heavy atom. The molecule has 0 aromatic heterocycles. The second-order valence-electron chi connectivity index (χ2n) is 4.84. The van der Waals surface area contributed by atoms with E-state index in [4.69, 9.17) is 4.74 Å². The summed E-state index contributed by atoms with van der Waals surface area (Å²) in [4.78, 5) is 0. The van der Waals surface area contributed by atoms with E-state index in [1.807, 2.05) is 0 Å². The van der Waals surface area contributed by atoms with Crippen molar-refractivity contribution < 1.29 is 13.2 Å². The summed E-state index contributed by atoms with van der Waals surface area (Å²) in [6.45, 7) is 5.84. The van der Waals surface area contributed by atoms with Crippen molar-refractivity contribution >= 4 is 10.0 Å². The molecule has 0 bridgehead atoms. The van der Waals surface area contributed by atoms with Gasteiger partial charge in [0.05, 0.1) is 12.4 Å². The lowest BCUT2D eigenvalue weighted by Crippen LogP contribution is -2.31. The number of nitrogens with zero attached hydrogens (tertiary/aromatic N) is 1. The third-order valence-electron chi connectivity index (χ3n) is 3.30. The molecule has 1 aliphatic rings. The fourth-order valence-corrected chi connectivity index (χ4v) is 3.91. The molecule has 0 radical (unpaired) electrons. The van der Waals surface area contributed by atoms with Crippen LogP contribution in [0.1, 0.15) is 26.2 Å². The summed E-state index contributed by atoms with van der Waals surface area (Å²) in [7, 11) is -1.38. The Balaban J connectivity index is 2.27. The summed E-state index contributed by atoms with van der Waals surface area (Å²) in [5, 5.41) is 3.20. The summed E-state index contributed by atoms with van der Waals surface area (Å²) >= 11 is 0. The lowest BCUT2D eigenvalue weighted by atomic mass is 10.1. The fourth-order valence-electron chi connectivity index (χ4n) is 2.26. The molecular formula is C12H26N2O3S. The third-order valence-corrected chi connectivity index (χ3v) is 5.22. The third kappa shape index (κ3) is 5.22. The largest absolute Gasteiger partial charge is 0.384 e. The van der Waals surface area contributed by atoms with Crippen molar-refractivity contribution in [1.29, 1.82) is 0 Å². The van der Waals surface area contributed by atoms with Crippen molar-refractivity contribution in [3.05, 3.63) is 0 Å². The first-order valence-corrected chi connectivity index (χ1v) is 8.38. The molecule has 1 heterocycles. The number of methoxy groups -OCH3 is 1. The summed E-state index contributed by atoms with van der Waals surface area (Å²) < 4.78 is 30.9. The van der Waals surface area contributed by atoms with E-state index in [1.165, 1.54) is 0 Å². The summed E-state index contributed by atoms with van der Waals surface area (Å²) in [5.41, 5.74) is 0. The molecule has 0 spiro atoms. The maximum absolute atomic E-state index is 12.1. The molecule has 108 valence electrons. The van der Waals surface area contributed by atoms with Gasteiger partial charge in [0.15, 0.2) is 0 Å². The van der Waals surface area contributed by atoms with E-state index in [1.54, 1.807) is 11.4 Å². The van der Waals surface area contributed by atoms with E-state index >= 15 is 0 Å². The topological polar surface area (TPSA) is 58.6 Å². The highest BCUT2D eigenvalue weighted by Crippen LogP contribution is 2.20. The van der Waals surface area contributed by atoms with Crippen molar-refractivity contribution in [2.24, 2.45) is 5.92 Å². The highest BCUT2D eigenvalue weighted by atomic mass is 32.2. The first kappa shape index (κ1) is 15.9. The van der Waals surface area contributed by atoms with Gasteiger partial charge < -0.3 is 10.1 Å². The van der Waals surface area contributed by atoms with Crippen LogP contribution in [0, 0.1) is 5.92 Å². The maximum Gasteiger partial charge on any atom is 0.214 e. The van der Waals surface area contributed by atoms with Crippen LogP contribution in [0.15, 0.2) is 0 Å². The number of hydrogen-bond acceptors (Lipinski definition) is 4. The van der Waals surface area contributed by atoms with Crippen molar-refractivity contribution in [1.82, 2.24) is 9.62 Å². The number of rotatable bonds is 9. The molecular weight excluding hydrogens is 252 g/mol. The van der Waals surface area contributed by atoms with E-state index in [2.05, 4.69) is 12.2 Å². The minimum Gasteiger partial charge on any atom is -0.384 e. The van der Waals surface area contributed by atoms with Gasteiger partial charge in [0.2, 0.25) is 10.0 Å². The zero-order valence-corrected chi connectivity index (χ0v) is 12.3. The average molecular weight is 278 g/mol. The first-order chi connectivity index (χ1) is 8.60. The molecule has 1 rings (SSSR count). The monoisotopic (exact) mass is 278 g/mol. The number of hydrogen-bond donors (Lipinski definition) is 1. The van der Waals surface area contributed by atoms with Gasteiger partial charge in [0.25, 0.3) is 0 Å². The SMILES string of the molecule is CCNCCCCS(=O)(=O)N1CCC(COC)C1. The molecule has 1 unspecified atom stereocenters. The van der Waals surface area contributed by atoms with E-state index in [0.717, 1.165) is 32.4 Å². The predicted octanol–water partition coefficient (Wildman–Crippen LogP) is 0.674. The Morgan fingerprint density at radius 3 is 2.83 bits per heavy atom. The van der Waals surface area contributed by atoms with Gasteiger partial charge in [-0.05, 0) is 38.3 Å². The zero-order chi connectivity index (χ0) is 13.4. The number of ether oxygens (including phenoxy) is 1. The van der Waals surface area contributed by atoms with Gasteiger partial charge in [-0.15, -0.1) is 0 Å². The molecule has 0 saturated carbocycles. The standard InChI is InChI=1S/C12H26N2O3S/c1-3-13-7-4-5-9-18(15,16)14-8-6-12(10-14)11-17-2/h12-13H,3-11H2,1-2H3. The van der Waals surface area contributed by atoms with E-state index in [0.29, 0.717) is 25.6 Å². The number of unbranched alkanes of at least 4 members (excludes halogenated alkanes) is 1. The van der Waals surface area contributed by atoms with Crippen LogP contribution in [0.2, 0.25) is 0 Å². The van der Waals surface area contributed by atoms with Crippen LogP contribution < -0.4 is 5.32 Å². The lowest BCUT2D eigenvalue weighted by Gasteiger charge is -2.16. The van der Waals surface area contributed by atoms with Gasteiger partial charge in [0.1, 0.15) is 0 Å². The number of sulfonamides is 1. The number of nitrogens with one attached hydrogen (secondary N) is 1. The van der Waals surface area contributed by atoms with Crippen LogP contribution in [0.25, 0.3) is 0 Å². The Hall–Kier alpha value is -0.170. The molecule has 18 heavy (non-hydrogen) atoms. The van der Waals surface area contributed by atoms with Crippen LogP contribution in [-0.4, -0.2) is 58.4 Å². The Morgan fingerprint density at radius 1 is 1.39 bits per heavy atom. The quantitative estimate of drug-likeness (QED) is 0.630. The van der Waals surface area contributed by atoms with Crippen LogP contribution >= 0.6 is 0 Å². The van der Waals surface area contributed by atoms with Gasteiger partial charge in [-0.1, -0.05) is 6.92 Å². The Kier molecular flexibility index (Phi) is 7.14. The smallest absolute Gasteiger partial charge is 0.214 e. The van der Waals surface area contributed by atoms with Gasteiger partial charge >= 0.3 is 0 Å². The van der Waals surface area contributed by atoms with Gasteiger partial charge in [-0.25, -0.2) is 12.7 Å². The van der Waals surface area contributed by atoms with Crippen molar-refractivity contribution in [3.8, 4) is 0 Å². The zero-order valence-electron chi connectivity index (χ0n) is 11.5. The average Bonchev–Trinajstić information content (AvgIpc) is 2.79. The first-order valence-electron chi connectivity index (χ1n) is 6.77. The summed E-state index contributed by atoms with van der Waals surface area (Å²) in [5.74, 6) is 0.643. The molecule has 1 saturated heterocycles. The molecule has 6 heteroatoms. The molecule has 0 amide bonds. The molecule has 0 aromatic carbocycles. The van der Waals surface area contributed by atoms with Crippen LogP contribution in [0.3, 0.4) is 0 Å². The molecule has 1 aliphatic heterocycles. The van der Waals surface area contributed by atoms with Crippen molar-refractivity contribution in [3.63, 3.8) is 0 Å². The van der Waals surface area contributed by atoms with Crippen LogP contribution in [0.5, 0.6) is 0 Å². The van der Waals surface area contributed by atoms with Gasteiger partial charge in [-0.2, -0.15) is 0 Å². The van der Waals surface area contributed by atoms with E-state index in [9.17, 15) is 8.42 Å². The van der Waals surface area contributed by atoms with Crippen molar-refractivity contribution in [2.45, 2.75) is 26.2 Å². The molecule has 0 aromatic rings. The van der Waals surface area contributed by atoms with Gasteiger partial charge in [-0.3, -0.25) is 0 Å². The van der Waals surface area contributed by atoms with Crippen LogP contribution in [0.4, 0.5) is 0 Å². The van der Waals surface area contributed by atoms with Crippen LogP contribution in [-0.2, 0) is 14.8 Å². The lowest BCUT2D eigenvalue weighted by molar-refractivity contribution is 0.157. The highest BCUT2D eigenvalue weighted by molar-refractivity contribution is 7.89. The molecule has 1 N–H and O–H groups in total. The normalized spacial score (nSPS) is 21.6. The second-order valence-corrected chi connectivity index (χ2v) is 6.93. The Labute approximate surface area is 111 Å². The fraction of sp³-hybridized carbons (Fsp3) is 1.00. The van der Waals surface area contributed by atoms with E-state index in [-0.39, 0.29) is 5.75 Å². The van der Waals surface area contributed by atoms with Crippen molar-refractivity contribution in [2.75, 3.05) is 45.6 Å². The molecule has 5 nitrogen and oxygen atoms in total. The molecule has 1 atom stereocenters. The molecule has 1 fully saturated rings. The summed E-state index contributed by atoms with van der Waals surface area (Å²) in [6, 6.07) is 0.